The highest BCUT2D eigenvalue weighted by molar-refractivity contribution is 8.00. The Morgan fingerprint density at radius 3 is 2.25 bits per heavy atom. The van der Waals surface area contributed by atoms with Crippen molar-refractivity contribution >= 4 is 51.6 Å². The van der Waals surface area contributed by atoms with Crippen molar-refractivity contribution in [3.63, 3.8) is 0 Å². The molecule has 0 aliphatic heterocycles. The number of thiophene rings is 1. The first-order chi connectivity index (χ1) is 13.4. The molecule has 0 atom stereocenters. The molecule has 2 aromatic carbocycles. The second-order valence-electron chi connectivity index (χ2n) is 6.44. The van der Waals surface area contributed by atoms with Crippen LogP contribution in [0.2, 0.25) is 5.02 Å². The Morgan fingerprint density at radius 2 is 1.64 bits per heavy atom. The monoisotopic (exact) mass is 429 g/mol. The lowest BCUT2D eigenvalue weighted by Crippen LogP contribution is -2.28. The molecule has 0 amide bonds. The van der Waals surface area contributed by atoms with Crippen molar-refractivity contribution < 1.29 is 0 Å². The normalized spacial score (nSPS) is 11.1. The van der Waals surface area contributed by atoms with Crippen LogP contribution in [0.4, 0.5) is 5.69 Å². The molecular weight excluding hydrogens is 414 g/mol. The Bertz CT molecular complexity index is 1270. The number of hydrogen-bond acceptors (Lipinski definition) is 5. The molecule has 0 unspecified atom stereocenters. The molecule has 2 aromatic heterocycles. The van der Waals surface area contributed by atoms with Gasteiger partial charge in [-0.25, -0.2) is 0 Å². The van der Waals surface area contributed by atoms with Gasteiger partial charge in [-0.15, -0.1) is 0 Å². The second kappa shape index (κ2) is 7.50. The number of benzene rings is 2. The highest BCUT2D eigenvalue weighted by Gasteiger charge is 2.10. The van der Waals surface area contributed by atoms with E-state index >= 15 is 0 Å². The molecule has 2 heterocycles. The molecule has 0 spiro atoms. The quantitative estimate of drug-likeness (QED) is 0.302. The third-order valence-electron chi connectivity index (χ3n) is 4.40. The molecule has 0 aliphatic carbocycles. The van der Waals surface area contributed by atoms with Crippen LogP contribution in [0, 0.1) is 13.8 Å². The van der Waals surface area contributed by atoms with Gasteiger partial charge in [0.15, 0.2) is 0 Å². The lowest BCUT2D eigenvalue weighted by molar-refractivity contribution is 1.14. The number of aryl methyl sites for hydroxylation is 2. The Morgan fingerprint density at radius 1 is 1.00 bits per heavy atom. The summed E-state index contributed by atoms with van der Waals surface area (Å²) in [4.78, 5) is 28.8. The van der Waals surface area contributed by atoms with E-state index in [0.29, 0.717) is 16.1 Å². The molecule has 0 saturated carbocycles. The molecule has 0 bridgehead atoms. The number of rotatable bonds is 4. The summed E-state index contributed by atoms with van der Waals surface area (Å²) in [6.07, 6.45) is 0. The van der Waals surface area contributed by atoms with Crippen LogP contribution in [-0.4, -0.2) is 9.97 Å². The second-order valence-corrected chi connectivity index (χ2v) is 8.47. The number of nitrogens with one attached hydrogen (secondary N) is 3. The van der Waals surface area contributed by atoms with Gasteiger partial charge in [-0.3, -0.25) is 9.59 Å². The third kappa shape index (κ3) is 3.61. The van der Waals surface area contributed by atoms with Crippen LogP contribution in [0.3, 0.4) is 0 Å². The van der Waals surface area contributed by atoms with Gasteiger partial charge in [0.2, 0.25) is 0 Å². The molecule has 142 valence electrons. The standard InChI is InChI=1S/C20H16ClN3O2S2/c1-10-5-13(6-11(2)18(10)12-3-4-27-9-12)24-28-17-8-16-15(7-14(17)21)22-19(25)20(26)23-16/h3-9,24H,1-2H3,(H,22,25)(H,23,26). The summed E-state index contributed by atoms with van der Waals surface area (Å²) in [7, 11) is 0. The number of hydrogen-bond donors (Lipinski definition) is 3. The zero-order chi connectivity index (χ0) is 19.8. The van der Waals surface area contributed by atoms with Crippen molar-refractivity contribution in [1.29, 1.82) is 0 Å². The van der Waals surface area contributed by atoms with Crippen molar-refractivity contribution in [2.45, 2.75) is 18.7 Å². The minimum Gasteiger partial charge on any atom is -0.326 e. The van der Waals surface area contributed by atoms with Gasteiger partial charge >= 0.3 is 11.1 Å². The van der Waals surface area contributed by atoms with E-state index in [4.69, 9.17) is 11.6 Å². The van der Waals surface area contributed by atoms with E-state index in [1.54, 1.807) is 23.5 Å². The van der Waals surface area contributed by atoms with Gasteiger partial charge in [-0.05, 0) is 89.1 Å². The van der Waals surface area contributed by atoms with Crippen molar-refractivity contribution in [3.8, 4) is 11.1 Å². The lowest BCUT2D eigenvalue weighted by atomic mass is 9.97. The molecule has 0 fully saturated rings. The average Bonchev–Trinajstić information content (AvgIpc) is 3.15. The largest absolute Gasteiger partial charge is 0.326 e. The molecule has 3 N–H and O–H groups in total. The molecule has 5 nitrogen and oxygen atoms in total. The SMILES string of the molecule is Cc1cc(NSc2cc3[nH]c(=O)c(=O)[nH]c3cc2Cl)cc(C)c1-c1ccsc1. The van der Waals surface area contributed by atoms with Crippen LogP contribution in [-0.2, 0) is 0 Å². The van der Waals surface area contributed by atoms with E-state index < -0.39 is 11.1 Å². The fourth-order valence-electron chi connectivity index (χ4n) is 3.20. The van der Waals surface area contributed by atoms with E-state index in [1.807, 2.05) is 0 Å². The number of fused-ring (bicyclic) bond motifs is 1. The molecular formula is C20H16ClN3O2S2. The first-order valence-electron chi connectivity index (χ1n) is 8.45. The average molecular weight is 430 g/mol. The molecule has 4 rings (SSSR count). The van der Waals surface area contributed by atoms with Crippen molar-refractivity contribution in [2.75, 3.05) is 4.72 Å². The molecule has 0 saturated heterocycles. The van der Waals surface area contributed by atoms with Gasteiger partial charge in [0.1, 0.15) is 0 Å². The summed E-state index contributed by atoms with van der Waals surface area (Å²) in [6.45, 7) is 4.19. The summed E-state index contributed by atoms with van der Waals surface area (Å²) in [5.74, 6) is 0. The van der Waals surface area contributed by atoms with Gasteiger partial charge in [0.05, 0.1) is 16.1 Å². The fraction of sp³-hybridized carbons (Fsp3) is 0.100. The minimum absolute atomic E-state index is 0.482. The van der Waals surface area contributed by atoms with Crippen LogP contribution >= 0.6 is 34.9 Å². The number of H-pyrrole nitrogens is 2. The lowest BCUT2D eigenvalue weighted by Gasteiger charge is -2.13. The summed E-state index contributed by atoms with van der Waals surface area (Å²) in [6, 6.07) is 9.70. The van der Waals surface area contributed by atoms with E-state index in [0.717, 1.165) is 10.6 Å². The summed E-state index contributed by atoms with van der Waals surface area (Å²) < 4.78 is 3.32. The Labute approximate surface area is 173 Å². The zero-order valence-electron chi connectivity index (χ0n) is 15.1. The Kier molecular flexibility index (Phi) is 5.05. The van der Waals surface area contributed by atoms with Crippen LogP contribution in [0.1, 0.15) is 11.1 Å². The summed E-state index contributed by atoms with van der Waals surface area (Å²) >= 11 is 9.38. The highest BCUT2D eigenvalue weighted by Crippen LogP contribution is 2.34. The maximum absolute atomic E-state index is 11.6. The predicted molar refractivity (Wildman–Crippen MR) is 119 cm³/mol. The van der Waals surface area contributed by atoms with E-state index in [2.05, 4.69) is 57.5 Å². The van der Waals surface area contributed by atoms with Crippen LogP contribution in [0.15, 0.2) is 55.6 Å². The predicted octanol–water partition coefficient (Wildman–Crippen LogP) is 5.33. The smallest absolute Gasteiger partial charge is 0.314 e. The fourth-order valence-corrected chi connectivity index (χ4v) is 4.80. The van der Waals surface area contributed by atoms with Crippen LogP contribution in [0.25, 0.3) is 22.2 Å². The molecule has 28 heavy (non-hydrogen) atoms. The third-order valence-corrected chi connectivity index (χ3v) is 6.40. The zero-order valence-corrected chi connectivity index (χ0v) is 17.4. The van der Waals surface area contributed by atoms with E-state index in [9.17, 15) is 9.59 Å². The maximum Gasteiger partial charge on any atom is 0.314 e. The topological polar surface area (TPSA) is 77.8 Å². The van der Waals surface area contributed by atoms with Crippen molar-refractivity contribution in [3.05, 3.63) is 77.9 Å². The van der Waals surface area contributed by atoms with E-state index in [1.165, 1.54) is 34.2 Å². The molecule has 0 aliphatic rings. The van der Waals surface area contributed by atoms with Crippen molar-refractivity contribution in [1.82, 2.24) is 9.97 Å². The summed E-state index contributed by atoms with van der Waals surface area (Å²) in [5.41, 5.74) is 5.46. The molecule has 0 radical (unpaired) electrons. The number of halogens is 1. The van der Waals surface area contributed by atoms with Crippen LogP contribution < -0.4 is 15.8 Å². The number of anilines is 1. The highest BCUT2D eigenvalue weighted by atomic mass is 35.5. The van der Waals surface area contributed by atoms with Gasteiger partial charge in [0, 0.05) is 10.6 Å². The first-order valence-corrected chi connectivity index (χ1v) is 10.6. The van der Waals surface area contributed by atoms with Gasteiger partial charge < -0.3 is 14.7 Å². The Balaban J connectivity index is 1.63. The van der Waals surface area contributed by atoms with Crippen molar-refractivity contribution in [2.24, 2.45) is 0 Å². The van der Waals surface area contributed by atoms with Gasteiger partial charge in [-0.1, -0.05) is 11.6 Å². The Hall–Kier alpha value is -2.48. The molecule has 8 heteroatoms. The van der Waals surface area contributed by atoms with Gasteiger partial charge in [-0.2, -0.15) is 11.3 Å². The summed E-state index contributed by atoms with van der Waals surface area (Å²) in [5, 5.41) is 4.71. The molecule has 4 aromatic rings. The number of aromatic nitrogens is 2. The van der Waals surface area contributed by atoms with E-state index in [-0.39, 0.29) is 0 Å². The maximum atomic E-state index is 11.6. The first kappa shape index (κ1) is 18.9. The minimum atomic E-state index is -0.696. The van der Waals surface area contributed by atoms with Crippen LogP contribution in [0.5, 0.6) is 0 Å². The number of aromatic amines is 2. The van der Waals surface area contributed by atoms with Gasteiger partial charge in [0.25, 0.3) is 0 Å².